The Morgan fingerprint density at radius 2 is 2.00 bits per heavy atom. The summed E-state index contributed by atoms with van der Waals surface area (Å²) in [7, 11) is 0. The Balaban J connectivity index is 1.98. The molecule has 0 amide bonds. The molecule has 1 aliphatic heterocycles. The van der Waals surface area contributed by atoms with Gasteiger partial charge in [0.25, 0.3) is 0 Å². The van der Waals surface area contributed by atoms with Gasteiger partial charge < -0.3 is 16.0 Å². The predicted molar refractivity (Wildman–Crippen MR) is 74.1 cm³/mol. The molecule has 0 saturated carbocycles. The van der Waals surface area contributed by atoms with Crippen molar-refractivity contribution in [3.63, 3.8) is 0 Å². The standard InChI is InChI=1S/C14H21F2N3/c1-2-7-19-8-5-10(6-9-19)18-14-12(17)4-3-11(15)13(14)16/h3-4,10,18H,2,5-9,17H2,1H3. The summed E-state index contributed by atoms with van der Waals surface area (Å²) in [5.74, 6) is -1.74. The molecule has 0 unspecified atom stereocenters. The fraction of sp³-hybridized carbons (Fsp3) is 0.571. The van der Waals surface area contributed by atoms with Crippen molar-refractivity contribution < 1.29 is 8.78 Å². The van der Waals surface area contributed by atoms with Crippen LogP contribution >= 0.6 is 0 Å². The summed E-state index contributed by atoms with van der Waals surface area (Å²) in [6.45, 7) is 5.24. The Morgan fingerprint density at radius 1 is 1.32 bits per heavy atom. The summed E-state index contributed by atoms with van der Waals surface area (Å²) < 4.78 is 26.9. The van der Waals surface area contributed by atoms with Crippen LogP contribution in [0.4, 0.5) is 20.2 Å². The zero-order valence-corrected chi connectivity index (χ0v) is 11.3. The van der Waals surface area contributed by atoms with Gasteiger partial charge in [0.1, 0.15) is 0 Å². The minimum Gasteiger partial charge on any atom is -0.397 e. The summed E-state index contributed by atoms with van der Waals surface area (Å²) in [5, 5.41) is 3.05. The maximum Gasteiger partial charge on any atom is 0.183 e. The number of nitrogens with one attached hydrogen (secondary N) is 1. The molecule has 5 heteroatoms. The molecule has 3 N–H and O–H groups in total. The molecule has 0 radical (unpaired) electrons. The zero-order chi connectivity index (χ0) is 13.8. The second-order valence-electron chi connectivity index (χ2n) is 5.09. The first-order valence-corrected chi connectivity index (χ1v) is 6.84. The molecule has 1 aromatic carbocycles. The first kappa shape index (κ1) is 14.1. The number of hydrogen-bond acceptors (Lipinski definition) is 3. The van der Waals surface area contributed by atoms with Crippen molar-refractivity contribution in [1.82, 2.24) is 4.90 Å². The van der Waals surface area contributed by atoms with E-state index in [0.29, 0.717) is 0 Å². The summed E-state index contributed by atoms with van der Waals surface area (Å²) >= 11 is 0. The van der Waals surface area contributed by atoms with Gasteiger partial charge in [-0.05, 0) is 37.9 Å². The second-order valence-corrected chi connectivity index (χ2v) is 5.09. The van der Waals surface area contributed by atoms with Crippen LogP contribution in [0.3, 0.4) is 0 Å². The third kappa shape index (κ3) is 3.35. The number of piperidine rings is 1. The van der Waals surface area contributed by atoms with Crippen LogP contribution in [0.1, 0.15) is 26.2 Å². The fourth-order valence-corrected chi connectivity index (χ4v) is 2.53. The summed E-state index contributed by atoms with van der Waals surface area (Å²) in [5.41, 5.74) is 6.07. The summed E-state index contributed by atoms with van der Waals surface area (Å²) in [6, 6.07) is 2.61. The lowest BCUT2D eigenvalue weighted by Gasteiger charge is -2.32. The van der Waals surface area contributed by atoms with Gasteiger partial charge in [0, 0.05) is 19.1 Å². The summed E-state index contributed by atoms with van der Waals surface area (Å²) in [4.78, 5) is 2.39. The third-order valence-corrected chi connectivity index (χ3v) is 3.60. The molecular formula is C14H21F2N3. The largest absolute Gasteiger partial charge is 0.397 e. The smallest absolute Gasteiger partial charge is 0.183 e. The van der Waals surface area contributed by atoms with Crippen molar-refractivity contribution in [1.29, 1.82) is 0 Å². The average molecular weight is 269 g/mol. The van der Waals surface area contributed by atoms with Crippen molar-refractivity contribution >= 4 is 11.4 Å². The highest BCUT2D eigenvalue weighted by Gasteiger charge is 2.21. The van der Waals surface area contributed by atoms with Crippen molar-refractivity contribution in [2.75, 3.05) is 30.7 Å². The number of benzene rings is 1. The Morgan fingerprint density at radius 3 is 2.63 bits per heavy atom. The van der Waals surface area contributed by atoms with E-state index in [1.165, 1.54) is 6.07 Å². The maximum atomic E-state index is 13.7. The van der Waals surface area contributed by atoms with Crippen LogP contribution in [-0.2, 0) is 0 Å². The van der Waals surface area contributed by atoms with Gasteiger partial charge in [0.05, 0.1) is 11.4 Å². The minimum absolute atomic E-state index is 0.106. The molecule has 0 bridgehead atoms. The Bertz CT molecular complexity index is 429. The van der Waals surface area contributed by atoms with E-state index in [2.05, 4.69) is 17.1 Å². The molecule has 1 saturated heterocycles. The second kappa shape index (κ2) is 6.19. The normalized spacial score (nSPS) is 17.6. The molecule has 3 nitrogen and oxygen atoms in total. The van der Waals surface area contributed by atoms with Gasteiger partial charge >= 0.3 is 0 Å². The average Bonchev–Trinajstić information content (AvgIpc) is 2.41. The quantitative estimate of drug-likeness (QED) is 0.826. The molecule has 2 rings (SSSR count). The number of halogens is 2. The van der Waals surface area contributed by atoms with Crippen molar-refractivity contribution in [3.8, 4) is 0 Å². The van der Waals surface area contributed by atoms with Crippen LogP contribution in [0.15, 0.2) is 12.1 Å². The van der Waals surface area contributed by atoms with Crippen LogP contribution in [0, 0.1) is 11.6 Å². The molecule has 0 aliphatic carbocycles. The number of rotatable bonds is 4. The predicted octanol–water partition coefficient (Wildman–Crippen LogP) is 2.83. The van der Waals surface area contributed by atoms with E-state index in [1.54, 1.807) is 0 Å². The molecule has 1 fully saturated rings. The number of nitrogens with two attached hydrogens (primary N) is 1. The van der Waals surface area contributed by atoms with Gasteiger partial charge in [-0.15, -0.1) is 0 Å². The van der Waals surface area contributed by atoms with E-state index in [-0.39, 0.29) is 17.4 Å². The van der Waals surface area contributed by atoms with Crippen LogP contribution < -0.4 is 11.1 Å². The number of likely N-dealkylation sites (tertiary alicyclic amines) is 1. The van der Waals surface area contributed by atoms with Gasteiger partial charge in [-0.3, -0.25) is 0 Å². The van der Waals surface area contributed by atoms with Crippen molar-refractivity contribution in [3.05, 3.63) is 23.8 Å². The SMILES string of the molecule is CCCN1CCC(Nc2c(N)ccc(F)c2F)CC1. The molecular weight excluding hydrogens is 248 g/mol. The van der Waals surface area contributed by atoms with Crippen LogP contribution in [0.2, 0.25) is 0 Å². The van der Waals surface area contributed by atoms with Gasteiger partial charge in [0.2, 0.25) is 0 Å². The van der Waals surface area contributed by atoms with Gasteiger partial charge in [-0.1, -0.05) is 6.92 Å². The van der Waals surface area contributed by atoms with E-state index < -0.39 is 11.6 Å². The monoisotopic (exact) mass is 269 g/mol. The highest BCUT2D eigenvalue weighted by atomic mass is 19.2. The lowest BCUT2D eigenvalue weighted by atomic mass is 10.0. The molecule has 1 aliphatic rings. The molecule has 19 heavy (non-hydrogen) atoms. The maximum absolute atomic E-state index is 13.7. The highest BCUT2D eigenvalue weighted by molar-refractivity contribution is 5.67. The van der Waals surface area contributed by atoms with Crippen molar-refractivity contribution in [2.45, 2.75) is 32.2 Å². The molecule has 106 valence electrons. The number of hydrogen-bond donors (Lipinski definition) is 2. The van der Waals surface area contributed by atoms with Crippen molar-refractivity contribution in [2.24, 2.45) is 0 Å². The van der Waals surface area contributed by atoms with Crippen LogP contribution in [0.25, 0.3) is 0 Å². The van der Waals surface area contributed by atoms with Crippen LogP contribution in [-0.4, -0.2) is 30.6 Å². The van der Waals surface area contributed by atoms with E-state index >= 15 is 0 Å². The number of nitrogens with zero attached hydrogens (tertiary/aromatic N) is 1. The molecule has 0 atom stereocenters. The van der Waals surface area contributed by atoms with Gasteiger partial charge in [-0.2, -0.15) is 0 Å². The highest BCUT2D eigenvalue weighted by Crippen LogP contribution is 2.27. The molecule has 1 aromatic rings. The van der Waals surface area contributed by atoms with E-state index in [0.717, 1.165) is 45.0 Å². The first-order valence-electron chi connectivity index (χ1n) is 6.84. The summed E-state index contributed by atoms with van der Waals surface area (Å²) in [6.07, 6.45) is 2.99. The molecule has 0 spiro atoms. The zero-order valence-electron chi connectivity index (χ0n) is 11.3. The molecule has 1 heterocycles. The molecule has 0 aromatic heterocycles. The number of anilines is 2. The van der Waals surface area contributed by atoms with E-state index in [4.69, 9.17) is 5.73 Å². The topological polar surface area (TPSA) is 41.3 Å². The van der Waals surface area contributed by atoms with E-state index in [9.17, 15) is 8.78 Å². The Labute approximate surface area is 112 Å². The van der Waals surface area contributed by atoms with Gasteiger partial charge in [-0.25, -0.2) is 8.78 Å². The van der Waals surface area contributed by atoms with Gasteiger partial charge in [0.15, 0.2) is 11.6 Å². The first-order chi connectivity index (χ1) is 9.11. The number of nitrogen functional groups attached to an aromatic ring is 1. The Hall–Kier alpha value is -1.36. The van der Waals surface area contributed by atoms with E-state index in [1.807, 2.05) is 0 Å². The Kier molecular flexibility index (Phi) is 4.58. The lowest BCUT2D eigenvalue weighted by molar-refractivity contribution is 0.219. The third-order valence-electron chi connectivity index (χ3n) is 3.60. The van der Waals surface area contributed by atoms with Crippen LogP contribution in [0.5, 0.6) is 0 Å². The minimum atomic E-state index is -0.879. The lowest BCUT2D eigenvalue weighted by Crippen LogP contribution is -2.39. The fourth-order valence-electron chi connectivity index (χ4n) is 2.53.